The van der Waals surface area contributed by atoms with Gasteiger partial charge in [-0.05, 0) is 85.6 Å². The third-order valence-corrected chi connectivity index (χ3v) is 9.64. The van der Waals surface area contributed by atoms with Gasteiger partial charge in [0.25, 0.3) is 17.4 Å². The Morgan fingerprint density at radius 3 is 2.13 bits per heavy atom. The molecule has 0 aliphatic rings. The van der Waals surface area contributed by atoms with Gasteiger partial charge >= 0.3 is 0 Å². The predicted molar refractivity (Wildman–Crippen MR) is 214 cm³/mol. The molecule has 54 heavy (non-hydrogen) atoms. The third-order valence-electron chi connectivity index (χ3n) is 8.54. The molecule has 11 heteroatoms. The first-order valence-corrected chi connectivity index (χ1v) is 18.1. The monoisotopic (exact) mass is 737 g/mol. The second-order valence-corrected chi connectivity index (χ2v) is 13.8. The van der Waals surface area contributed by atoms with E-state index in [2.05, 4.69) is 16.0 Å². The van der Waals surface area contributed by atoms with Crippen LogP contribution >= 0.6 is 11.8 Å². The van der Waals surface area contributed by atoms with E-state index in [1.807, 2.05) is 72.8 Å². The number of para-hydroxylation sites is 1. The van der Waals surface area contributed by atoms with Crippen molar-refractivity contribution >= 4 is 46.9 Å². The highest BCUT2D eigenvalue weighted by atomic mass is 32.2. The number of anilines is 2. The van der Waals surface area contributed by atoms with Gasteiger partial charge in [-0.15, -0.1) is 11.8 Å². The lowest BCUT2D eigenvalue weighted by molar-refractivity contribution is -0.115. The van der Waals surface area contributed by atoms with Crippen LogP contribution in [0.25, 0.3) is 11.8 Å². The lowest BCUT2D eigenvalue weighted by atomic mass is 10.1. The number of hydrogen-bond acceptors (Lipinski definition) is 6. The van der Waals surface area contributed by atoms with Crippen LogP contribution in [0.15, 0.2) is 155 Å². The Morgan fingerprint density at radius 1 is 0.796 bits per heavy atom. The number of aromatic nitrogens is 2. The van der Waals surface area contributed by atoms with E-state index in [-0.39, 0.29) is 22.9 Å². The number of nitrogens with one attached hydrogen (secondary N) is 3. The molecule has 6 rings (SSSR count). The lowest BCUT2D eigenvalue weighted by Gasteiger charge is -2.14. The number of carbonyl (C=O) groups is 3. The van der Waals surface area contributed by atoms with Crippen LogP contribution in [0, 0.1) is 6.92 Å². The van der Waals surface area contributed by atoms with Crippen LogP contribution in [0.2, 0.25) is 0 Å². The summed E-state index contributed by atoms with van der Waals surface area (Å²) in [6, 6.07) is 42.0. The molecule has 6 aromatic rings. The topological polar surface area (TPSA) is 123 Å². The van der Waals surface area contributed by atoms with E-state index in [0.717, 1.165) is 5.56 Å². The zero-order chi connectivity index (χ0) is 38.0. The molecule has 1 atom stereocenters. The summed E-state index contributed by atoms with van der Waals surface area (Å²) in [4.78, 5) is 54.3. The van der Waals surface area contributed by atoms with Crippen LogP contribution < -0.4 is 26.2 Å². The molecule has 0 bridgehead atoms. The fourth-order valence-electron chi connectivity index (χ4n) is 5.55. The van der Waals surface area contributed by atoms with Gasteiger partial charge in [-0.1, -0.05) is 84.9 Å². The molecule has 1 heterocycles. The minimum Gasteiger partial charge on any atom is -0.489 e. The molecule has 5 aromatic carbocycles. The van der Waals surface area contributed by atoms with Gasteiger partial charge in [-0.2, -0.15) is 0 Å². The number of rotatable bonds is 13. The highest BCUT2D eigenvalue weighted by Gasteiger charge is 2.22. The number of carbonyl (C=O) groups excluding carboxylic acids is 3. The molecule has 3 N–H and O–H groups in total. The number of hydrogen-bond donors (Lipinski definition) is 3. The molecule has 0 saturated heterocycles. The maximum atomic E-state index is 13.7. The minimum atomic E-state index is -0.583. The standard InChI is InChI=1S/C43H39N5O5S/c1-29-39(43(52)48(47(29)3)35-19-11-6-12-20-35)46-40(49)30(2)54-37-21-13-18-34(27-37)44-42(51)38(45-41(50)33-16-9-5-10-17-33)26-31-22-24-36(25-23-31)53-28-32-14-7-4-8-15-32/h4-27,30H,28H2,1-3H3,(H,44,51)(H,45,50)(H,46,49)/b38-26+. The average Bonchev–Trinajstić information content (AvgIpc) is 3.40. The van der Waals surface area contributed by atoms with Gasteiger partial charge in [0.1, 0.15) is 23.7 Å². The number of amides is 3. The van der Waals surface area contributed by atoms with Crippen molar-refractivity contribution in [2.45, 2.75) is 30.6 Å². The lowest BCUT2D eigenvalue weighted by Crippen LogP contribution is -2.30. The maximum Gasteiger partial charge on any atom is 0.295 e. The second kappa shape index (κ2) is 17.3. The van der Waals surface area contributed by atoms with Gasteiger partial charge in [0.2, 0.25) is 5.91 Å². The maximum absolute atomic E-state index is 13.7. The highest BCUT2D eigenvalue weighted by Crippen LogP contribution is 2.27. The van der Waals surface area contributed by atoms with Crippen molar-refractivity contribution in [1.29, 1.82) is 0 Å². The van der Waals surface area contributed by atoms with E-state index in [0.29, 0.717) is 45.4 Å². The Bertz CT molecular complexity index is 2340. The normalized spacial score (nSPS) is 11.7. The molecule has 0 aliphatic carbocycles. The summed E-state index contributed by atoms with van der Waals surface area (Å²) in [6.45, 7) is 3.94. The largest absolute Gasteiger partial charge is 0.489 e. The van der Waals surface area contributed by atoms with Crippen LogP contribution in [0.1, 0.15) is 34.1 Å². The van der Waals surface area contributed by atoms with Crippen molar-refractivity contribution < 1.29 is 19.1 Å². The van der Waals surface area contributed by atoms with Gasteiger partial charge in [-0.3, -0.25) is 23.9 Å². The molecule has 0 fully saturated rings. The van der Waals surface area contributed by atoms with Crippen molar-refractivity contribution in [1.82, 2.24) is 14.7 Å². The minimum absolute atomic E-state index is 0.0343. The van der Waals surface area contributed by atoms with Crippen molar-refractivity contribution in [3.8, 4) is 11.4 Å². The molecule has 0 spiro atoms. The smallest absolute Gasteiger partial charge is 0.295 e. The average molecular weight is 738 g/mol. The van der Waals surface area contributed by atoms with Gasteiger partial charge in [0.05, 0.1) is 16.6 Å². The molecule has 1 unspecified atom stereocenters. The zero-order valence-corrected chi connectivity index (χ0v) is 30.8. The van der Waals surface area contributed by atoms with E-state index in [4.69, 9.17) is 4.74 Å². The number of thioether (sulfide) groups is 1. The van der Waals surface area contributed by atoms with Gasteiger partial charge < -0.3 is 20.7 Å². The molecule has 0 saturated carbocycles. The van der Waals surface area contributed by atoms with Crippen molar-refractivity contribution in [2.75, 3.05) is 10.6 Å². The Hall–Kier alpha value is -6.59. The second-order valence-electron chi connectivity index (χ2n) is 12.4. The molecular weight excluding hydrogens is 699 g/mol. The highest BCUT2D eigenvalue weighted by molar-refractivity contribution is 8.00. The molecule has 10 nitrogen and oxygen atoms in total. The van der Waals surface area contributed by atoms with Gasteiger partial charge in [-0.25, -0.2) is 4.68 Å². The summed E-state index contributed by atoms with van der Waals surface area (Å²) < 4.78 is 9.12. The molecule has 3 amide bonds. The van der Waals surface area contributed by atoms with E-state index < -0.39 is 17.1 Å². The number of nitrogens with zero attached hydrogens (tertiary/aromatic N) is 2. The van der Waals surface area contributed by atoms with Crippen LogP contribution in [0.5, 0.6) is 5.75 Å². The summed E-state index contributed by atoms with van der Waals surface area (Å²) in [5, 5.41) is 7.89. The van der Waals surface area contributed by atoms with E-state index >= 15 is 0 Å². The van der Waals surface area contributed by atoms with Gasteiger partial charge in [0, 0.05) is 23.2 Å². The van der Waals surface area contributed by atoms with E-state index in [1.54, 1.807) is 98.4 Å². The Morgan fingerprint density at radius 2 is 1.44 bits per heavy atom. The SMILES string of the molecule is Cc1c(NC(=O)C(C)Sc2cccc(NC(=O)/C(=C\c3ccc(OCc4ccccc4)cc3)NC(=O)c3ccccc3)c2)c(=O)n(-c2ccccc2)n1C. The molecular formula is C43H39N5O5S. The summed E-state index contributed by atoms with van der Waals surface area (Å²) in [5.74, 6) is -0.652. The molecule has 0 aliphatic heterocycles. The summed E-state index contributed by atoms with van der Waals surface area (Å²) >= 11 is 1.28. The fourth-order valence-corrected chi connectivity index (χ4v) is 6.48. The van der Waals surface area contributed by atoms with Crippen LogP contribution in [0.4, 0.5) is 11.4 Å². The third kappa shape index (κ3) is 9.25. The quantitative estimate of drug-likeness (QED) is 0.0830. The Kier molecular flexibility index (Phi) is 11.9. The zero-order valence-electron chi connectivity index (χ0n) is 30.0. The first-order valence-electron chi connectivity index (χ1n) is 17.2. The number of benzene rings is 5. The number of ether oxygens (including phenoxy) is 1. The van der Waals surface area contributed by atoms with Crippen molar-refractivity contribution in [2.24, 2.45) is 7.05 Å². The van der Waals surface area contributed by atoms with Crippen LogP contribution in [-0.4, -0.2) is 32.3 Å². The van der Waals surface area contributed by atoms with Crippen LogP contribution in [-0.2, 0) is 23.2 Å². The first-order chi connectivity index (χ1) is 26.2. The fraction of sp³-hybridized carbons (Fsp3) is 0.116. The van der Waals surface area contributed by atoms with Gasteiger partial charge in [0.15, 0.2) is 0 Å². The molecule has 1 aromatic heterocycles. The van der Waals surface area contributed by atoms with E-state index in [9.17, 15) is 19.2 Å². The Labute approximate surface area is 317 Å². The predicted octanol–water partition coefficient (Wildman–Crippen LogP) is 7.59. The van der Waals surface area contributed by atoms with Crippen LogP contribution in [0.3, 0.4) is 0 Å². The molecule has 272 valence electrons. The van der Waals surface area contributed by atoms with E-state index in [1.165, 1.54) is 16.4 Å². The molecule has 0 radical (unpaired) electrons. The summed E-state index contributed by atoms with van der Waals surface area (Å²) in [7, 11) is 1.77. The van der Waals surface area contributed by atoms with Crippen molar-refractivity contribution in [3.63, 3.8) is 0 Å². The summed E-state index contributed by atoms with van der Waals surface area (Å²) in [6.07, 6.45) is 1.60. The Balaban J connectivity index is 1.15. The first kappa shape index (κ1) is 37.2. The van der Waals surface area contributed by atoms with Crippen molar-refractivity contribution in [3.05, 3.63) is 178 Å². The summed E-state index contributed by atoms with van der Waals surface area (Å²) in [5.41, 5.74) is 3.81.